The Morgan fingerprint density at radius 2 is 1.79 bits per heavy atom. The fraction of sp³-hybridized carbons (Fsp3) is 0.133. The zero-order valence-corrected chi connectivity index (χ0v) is 12.6. The summed E-state index contributed by atoms with van der Waals surface area (Å²) in [6.07, 6.45) is -4.66. The molecule has 0 bridgehead atoms. The molecule has 0 aliphatic carbocycles. The van der Waals surface area contributed by atoms with Gasteiger partial charge in [-0.15, -0.1) is 0 Å². The van der Waals surface area contributed by atoms with Crippen molar-refractivity contribution in [2.45, 2.75) is 6.18 Å². The van der Waals surface area contributed by atoms with Gasteiger partial charge in [-0.1, -0.05) is 11.6 Å². The van der Waals surface area contributed by atoms with Gasteiger partial charge >= 0.3 is 6.18 Å². The number of hydrogen-bond acceptors (Lipinski definition) is 2. The predicted molar refractivity (Wildman–Crippen MR) is 79.9 cm³/mol. The van der Waals surface area contributed by atoms with Gasteiger partial charge in [0.2, 0.25) is 5.91 Å². The number of halogens is 6. The van der Waals surface area contributed by atoms with E-state index in [4.69, 9.17) is 11.6 Å². The zero-order valence-electron chi connectivity index (χ0n) is 11.8. The minimum absolute atomic E-state index is 0.112. The average molecular weight is 365 g/mol. The van der Waals surface area contributed by atoms with E-state index < -0.39 is 40.8 Å². The Labute approximate surface area is 138 Å². The molecule has 128 valence electrons. The normalized spacial score (nSPS) is 11.2. The Hall–Kier alpha value is -2.35. The number of carbonyl (C=O) groups is 1. The standard InChI is InChI=1S/C15H10ClF5N2O/c16-11-3-2-9(6-10(11)15(19,20)21)23-14(24)7-22-13-4-1-8(17)5-12(13)18/h1-6,22H,7H2,(H,23,24). The van der Waals surface area contributed by atoms with Crippen molar-refractivity contribution in [1.29, 1.82) is 0 Å². The van der Waals surface area contributed by atoms with Crippen LogP contribution in [-0.2, 0) is 11.0 Å². The first kappa shape index (κ1) is 18.0. The summed E-state index contributed by atoms with van der Waals surface area (Å²) in [5.74, 6) is -2.38. The number of nitrogens with one attached hydrogen (secondary N) is 2. The predicted octanol–water partition coefficient (Wildman–Crippen LogP) is 4.69. The van der Waals surface area contributed by atoms with Crippen molar-refractivity contribution in [3.8, 4) is 0 Å². The molecule has 0 aliphatic heterocycles. The van der Waals surface area contributed by atoms with Crippen molar-refractivity contribution in [3.05, 3.63) is 58.6 Å². The van der Waals surface area contributed by atoms with E-state index in [0.717, 1.165) is 18.2 Å². The minimum atomic E-state index is -4.66. The van der Waals surface area contributed by atoms with E-state index in [1.807, 2.05) is 0 Å². The Morgan fingerprint density at radius 1 is 1.08 bits per heavy atom. The number of anilines is 2. The van der Waals surface area contributed by atoms with Crippen LogP contribution in [-0.4, -0.2) is 12.5 Å². The molecule has 0 aromatic heterocycles. The molecular weight excluding hydrogens is 355 g/mol. The fourth-order valence-corrected chi connectivity index (χ4v) is 2.06. The summed E-state index contributed by atoms with van der Waals surface area (Å²) in [5, 5.41) is 4.15. The van der Waals surface area contributed by atoms with E-state index in [1.54, 1.807) is 0 Å². The Balaban J connectivity index is 2.02. The van der Waals surface area contributed by atoms with Gasteiger partial charge in [-0.3, -0.25) is 4.79 Å². The summed E-state index contributed by atoms with van der Waals surface area (Å²) in [7, 11) is 0. The molecule has 1 amide bonds. The summed E-state index contributed by atoms with van der Waals surface area (Å²) in [6.45, 7) is -0.424. The molecule has 0 heterocycles. The molecule has 0 radical (unpaired) electrons. The number of hydrogen-bond donors (Lipinski definition) is 2. The molecule has 0 saturated heterocycles. The van der Waals surface area contributed by atoms with E-state index >= 15 is 0 Å². The highest BCUT2D eigenvalue weighted by atomic mass is 35.5. The van der Waals surface area contributed by atoms with Gasteiger partial charge in [-0.05, 0) is 30.3 Å². The van der Waals surface area contributed by atoms with Gasteiger partial charge in [-0.25, -0.2) is 8.78 Å². The van der Waals surface area contributed by atoms with Gasteiger partial charge < -0.3 is 10.6 Å². The molecule has 0 fully saturated rings. The van der Waals surface area contributed by atoms with Gasteiger partial charge in [0.05, 0.1) is 22.8 Å². The van der Waals surface area contributed by atoms with Gasteiger partial charge in [-0.2, -0.15) is 13.2 Å². The van der Waals surface area contributed by atoms with Crippen molar-refractivity contribution in [2.75, 3.05) is 17.2 Å². The van der Waals surface area contributed by atoms with Crippen LogP contribution in [0.3, 0.4) is 0 Å². The molecule has 2 N–H and O–H groups in total. The lowest BCUT2D eigenvalue weighted by atomic mass is 10.2. The van der Waals surface area contributed by atoms with Crippen LogP contribution in [0.15, 0.2) is 36.4 Å². The van der Waals surface area contributed by atoms with Gasteiger partial charge in [0.25, 0.3) is 0 Å². The molecule has 0 unspecified atom stereocenters. The van der Waals surface area contributed by atoms with Crippen LogP contribution >= 0.6 is 11.6 Å². The number of alkyl halides is 3. The van der Waals surface area contributed by atoms with E-state index in [-0.39, 0.29) is 11.4 Å². The third-order valence-electron chi connectivity index (χ3n) is 2.93. The maximum Gasteiger partial charge on any atom is 0.417 e. The van der Waals surface area contributed by atoms with Gasteiger partial charge in [0, 0.05) is 11.8 Å². The number of rotatable bonds is 4. The Morgan fingerprint density at radius 3 is 2.42 bits per heavy atom. The molecule has 2 rings (SSSR count). The summed E-state index contributed by atoms with van der Waals surface area (Å²) in [6, 6.07) is 5.63. The molecular formula is C15H10ClF5N2O. The van der Waals surface area contributed by atoms with Gasteiger partial charge in [0.1, 0.15) is 11.6 Å². The zero-order chi connectivity index (χ0) is 17.9. The van der Waals surface area contributed by atoms with Crippen molar-refractivity contribution in [3.63, 3.8) is 0 Å². The first-order valence-electron chi connectivity index (χ1n) is 6.52. The maximum atomic E-state index is 13.4. The molecule has 24 heavy (non-hydrogen) atoms. The molecule has 2 aromatic rings. The Bertz CT molecular complexity index is 764. The molecule has 3 nitrogen and oxygen atoms in total. The van der Waals surface area contributed by atoms with Crippen LogP contribution in [0, 0.1) is 11.6 Å². The van der Waals surface area contributed by atoms with E-state index in [1.165, 1.54) is 6.07 Å². The lowest BCUT2D eigenvalue weighted by Crippen LogP contribution is -2.22. The average Bonchev–Trinajstić information content (AvgIpc) is 2.47. The monoisotopic (exact) mass is 364 g/mol. The maximum absolute atomic E-state index is 13.4. The lowest BCUT2D eigenvalue weighted by molar-refractivity contribution is -0.137. The molecule has 0 aliphatic rings. The quantitative estimate of drug-likeness (QED) is 0.773. The fourth-order valence-electron chi connectivity index (χ4n) is 1.83. The highest BCUT2D eigenvalue weighted by Gasteiger charge is 2.33. The van der Waals surface area contributed by atoms with Crippen molar-refractivity contribution >= 4 is 28.9 Å². The van der Waals surface area contributed by atoms with Crippen LogP contribution in [0.2, 0.25) is 5.02 Å². The summed E-state index contributed by atoms with van der Waals surface area (Å²) >= 11 is 5.47. The third kappa shape index (κ3) is 4.58. The van der Waals surface area contributed by atoms with Crippen LogP contribution in [0.1, 0.15) is 5.56 Å². The van der Waals surface area contributed by atoms with Crippen LogP contribution in [0.25, 0.3) is 0 Å². The molecule has 0 spiro atoms. The second kappa shape index (κ2) is 7.04. The minimum Gasteiger partial charge on any atom is -0.374 e. The first-order chi connectivity index (χ1) is 11.2. The number of carbonyl (C=O) groups excluding carboxylic acids is 1. The van der Waals surface area contributed by atoms with E-state index in [0.29, 0.717) is 12.1 Å². The SMILES string of the molecule is O=C(CNc1ccc(F)cc1F)Nc1ccc(Cl)c(C(F)(F)F)c1. The molecule has 0 atom stereocenters. The lowest BCUT2D eigenvalue weighted by Gasteiger charge is -2.12. The largest absolute Gasteiger partial charge is 0.417 e. The summed E-state index contributed by atoms with van der Waals surface area (Å²) in [4.78, 5) is 11.7. The third-order valence-corrected chi connectivity index (χ3v) is 3.26. The highest BCUT2D eigenvalue weighted by Crippen LogP contribution is 2.36. The van der Waals surface area contributed by atoms with E-state index in [2.05, 4.69) is 10.6 Å². The molecule has 9 heteroatoms. The summed E-state index contributed by atoms with van der Waals surface area (Å²) in [5.41, 5.74) is -1.31. The van der Waals surface area contributed by atoms with Gasteiger partial charge in [0.15, 0.2) is 0 Å². The second-order valence-electron chi connectivity index (χ2n) is 4.72. The Kier molecular flexibility index (Phi) is 5.28. The van der Waals surface area contributed by atoms with Crippen LogP contribution in [0.4, 0.5) is 33.3 Å². The molecule has 2 aromatic carbocycles. The topological polar surface area (TPSA) is 41.1 Å². The first-order valence-corrected chi connectivity index (χ1v) is 6.90. The molecule has 0 saturated carbocycles. The number of amides is 1. The van der Waals surface area contributed by atoms with Crippen molar-refractivity contribution < 1.29 is 26.7 Å². The smallest absolute Gasteiger partial charge is 0.374 e. The second-order valence-corrected chi connectivity index (χ2v) is 5.13. The number of benzene rings is 2. The summed E-state index contributed by atoms with van der Waals surface area (Å²) < 4.78 is 64.3. The van der Waals surface area contributed by atoms with E-state index in [9.17, 15) is 26.7 Å². The van der Waals surface area contributed by atoms with Crippen LogP contribution < -0.4 is 10.6 Å². The van der Waals surface area contributed by atoms with Crippen molar-refractivity contribution in [1.82, 2.24) is 0 Å². The van der Waals surface area contributed by atoms with Crippen molar-refractivity contribution in [2.24, 2.45) is 0 Å². The van der Waals surface area contributed by atoms with Crippen LogP contribution in [0.5, 0.6) is 0 Å². The highest BCUT2D eigenvalue weighted by molar-refractivity contribution is 6.31.